The minimum absolute atomic E-state index is 0.164. The number of aromatic nitrogens is 1. The lowest BCUT2D eigenvalue weighted by molar-refractivity contribution is -0.111. The van der Waals surface area contributed by atoms with Crippen LogP contribution in [0.2, 0.25) is 0 Å². The van der Waals surface area contributed by atoms with Gasteiger partial charge in [0.25, 0.3) is 0 Å². The first-order chi connectivity index (χ1) is 12.2. The molecule has 0 aliphatic carbocycles. The third kappa shape index (κ3) is 5.16. The molecule has 0 spiro atoms. The third-order valence-electron chi connectivity index (χ3n) is 4.36. The number of para-hydroxylation sites is 2. The summed E-state index contributed by atoms with van der Waals surface area (Å²) >= 11 is 0. The lowest BCUT2D eigenvalue weighted by atomic mass is 10.0. The molecule has 1 aliphatic heterocycles. The Morgan fingerprint density at radius 2 is 1.84 bits per heavy atom. The van der Waals surface area contributed by atoms with Crippen molar-refractivity contribution in [1.29, 1.82) is 0 Å². The van der Waals surface area contributed by atoms with Crippen molar-refractivity contribution in [2.45, 2.75) is 18.9 Å². The monoisotopic (exact) mass is 336 g/mol. The summed E-state index contributed by atoms with van der Waals surface area (Å²) in [5.74, 6) is -0.164. The van der Waals surface area contributed by atoms with Crippen LogP contribution in [0.3, 0.4) is 0 Å². The fourth-order valence-corrected chi connectivity index (χ4v) is 2.90. The van der Waals surface area contributed by atoms with E-state index in [0.29, 0.717) is 6.04 Å². The van der Waals surface area contributed by atoms with Crippen LogP contribution < -0.4 is 10.6 Å². The predicted molar refractivity (Wildman–Crippen MR) is 102 cm³/mol. The Morgan fingerprint density at radius 1 is 1.12 bits per heavy atom. The number of nitrogens with zero attached hydrogens (tertiary/aromatic N) is 2. The molecule has 1 aromatic heterocycles. The van der Waals surface area contributed by atoms with E-state index in [2.05, 4.69) is 27.6 Å². The van der Waals surface area contributed by atoms with Gasteiger partial charge in [0, 0.05) is 18.3 Å². The zero-order chi connectivity index (χ0) is 17.5. The summed E-state index contributed by atoms with van der Waals surface area (Å²) in [7, 11) is 2.15. The van der Waals surface area contributed by atoms with Crippen LogP contribution in [0.4, 0.5) is 11.4 Å². The highest BCUT2D eigenvalue weighted by Gasteiger charge is 2.17. The SMILES string of the molecule is CN1CCC(Nc2ccccc2NC(=O)/C=C/c2ccccn2)CC1. The number of piperidine rings is 1. The van der Waals surface area contributed by atoms with Gasteiger partial charge in [-0.2, -0.15) is 0 Å². The molecule has 5 heteroatoms. The number of carbonyl (C=O) groups is 1. The normalized spacial score (nSPS) is 16.0. The molecule has 1 fully saturated rings. The van der Waals surface area contributed by atoms with E-state index >= 15 is 0 Å². The summed E-state index contributed by atoms with van der Waals surface area (Å²) in [5.41, 5.74) is 2.53. The molecular formula is C20H24N4O. The van der Waals surface area contributed by atoms with Crippen molar-refractivity contribution in [2.24, 2.45) is 0 Å². The van der Waals surface area contributed by atoms with E-state index in [1.807, 2.05) is 42.5 Å². The van der Waals surface area contributed by atoms with Crippen LogP contribution in [0.1, 0.15) is 18.5 Å². The first-order valence-corrected chi connectivity index (χ1v) is 8.65. The molecule has 1 aliphatic rings. The number of hydrogen-bond donors (Lipinski definition) is 2. The minimum Gasteiger partial charge on any atom is -0.381 e. The number of benzene rings is 1. The van der Waals surface area contributed by atoms with Crippen molar-refractivity contribution in [1.82, 2.24) is 9.88 Å². The zero-order valence-electron chi connectivity index (χ0n) is 14.5. The molecular weight excluding hydrogens is 312 g/mol. The van der Waals surface area contributed by atoms with Crippen LogP contribution in [-0.4, -0.2) is 42.0 Å². The van der Waals surface area contributed by atoms with Gasteiger partial charge in [-0.05, 0) is 63.3 Å². The molecule has 1 amide bonds. The maximum atomic E-state index is 12.2. The highest BCUT2D eigenvalue weighted by atomic mass is 16.1. The Labute approximate surface area is 148 Å². The molecule has 25 heavy (non-hydrogen) atoms. The second kappa shape index (κ2) is 8.44. The molecule has 2 heterocycles. The fourth-order valence-electron chi connectivity index (χ4n) is 2.90. The van der Waals surface area contributed by atoms with E-state index in [-0.39, 0.29) is 5.91 Å². The van der Waals surface area contributed by atoms with Gasteiger partial charge in [0.05, 0.1) is 17.1 Å². The summed E-state index contributed by atoms with van der Waals surface area (Å²) in [6.45, 7) is 2.19. The summed E-state index contributed by atoms with van der Waals surface area (Å²) in [4.78, 5) is 18.7. The average molecular weight is 336 g/mol. The number of anilines is 2. The topological polar surface area (TPSA) is 57.3 Å². The molecule has 1 saturated heterocycles. The zero-order valence-corrected chi connectivity index (χ0v) is 14.5. The van der Waals surface area contributed by atoms with E-state index in [1.54, 1.807) is 12.3 Å². The second-order valence-corrected chi connectivity index (χ2v) is 6.34. The van der Waals surface area contributed by atoms with Crippen LogP contribution in [0.5, 0.6) is 0 Å². The highest BCUT2D eigenvalue weighted by Crippen LogP contribution is 2.24. The number of pyridine rings is 1. The summed E-state index contributed by atoms with van der Waals surface area (Å²) in [6.07, 6.45) is 7.14. The van der Waals surface area contributed by atoms with Gasteiger partial charge in [0.15, 0.2) is 0 Å². The standard InChI is InChI=1S/C20H24N4O/c1-24-14-11-17(12-15-24)22-18-7-2-3-8-19(18)23-20(25)10-9-16-6-4-5-13-21-16/h2-10,13,17,22H,11-12,14-15H2,1H3,(H,23,25)/b10-9+. The van der Waals surface area contributed by atoms with Crippen molar-refractivity contribution < 1.29 is 4.79 Å². The van der Waals surface area contributed by atoms with Crippen LogP contribution in [0, 0.1) is 0 Å². The molecule has 0 bridgehead atoms. The maximum Gasteiger partial charge on any atom is 0.248 e. The van der Waals surface area contributed by atoms with E-state index in [4.69, 9.17) is 0 Å². The summed E-state index contributed by atoms with van der Waals surface area (Å²) in [6, 6.07) is 13.9. The fraction of sp³-hybridized carbons (Fsp3) is 0.300. The number of nitrogens with one attached hydrogen (secondary N) is 2. The van der Waals surface area contributed by atoms with Crippen LogP contribution in [-0.2, 0) is 4.79 Å². The van der Waals surface area contributed by atoms with E-state index in [9.17, 15) is 4.79 Å². The lowest BCUT2D eigenvalue weighted by Crippen LogP contribution is -2.36. The molecule has 0 saturated carbocycles. The van der Waals surface area contributed by atoms with E-state index in [0.717, 1.165) is 43.0 Å². The van der Waals surface area contributed by atoms with Gasteiger partial charge in [0.1, 0.15) is 0 Å². The first-order valence-electron chi connectivity index (χ1n) is 8.65. The van der Waals surface area contributed by atoms with Crippen LogP contribution in [0.25, 0.3) is 6.08 Å². The molecule has 0 radical (unpaired) electrons. The van der Waals surface area contributed by atoms with Crippen molar-refractivity contribution in [2.75, 3.05) is 30.8 Å². The molecule has 130 valence electrons. The predicted octanol–water partition coefficient (Wildman–Crippen LogP) is 3.24. The van der Waals surface area contributed by atoms with Gasteiger partial charge in [-0.1, -0.05) is 18.2 Å². The largest absolute Gasteiger partial charge is 0.381 e. The minimum atomic E-state index is -0.164. The van der Waals surface area contributed by atoms with Gasteiger partial charge < -0.3 is 15.5 Å². The van der Waals surface area contributed by atoms with Gasteiger partial charge in [-0.25, -0.2) is 0 Å². The molecule has 2 N–H and O–H groups in total. The Balaban J connectivity index is 1.62. The Hall–Kier alpha value is -2.66. The van der Waals surface area contributed by atoms with Crippen molar-refractivity contribution in [3.8, 4) is 0 Å². The van der Waals surface area contributed by atoms with Gasteiger partial charge in [0.2, 0.25) is 5.91 Å². The van der Waals surface area contributed by atoms with Gasteiger partial charge in [-0.15, -0.1) is 0 Å². The van der Waals surface area contributed by atoms with Crippen molar-refractivity contribution >= 4 is 23.4 Å². The lowest BCUT2D eigenvalue weighted by Gasteiger charge is -2.30. The van der Waals surface area contributed by atoms with Crippen molar-refractivity contribution in [3.05, 3.63) is 60.4 Å². The third-order valence-corrected chi connectivity index (χ3v) is 4.36. The molecule has 5 nitrogen and oxygen atoms in total. The second-order valence-electron chi connectivity index (χ2n) is 6.34. The molecule has 0 atom stereocenters. The van der Waals surface area contributed by atoms with E-state index in [1.165, 1.54) is 6.08 Å². The van der Waals surface area contributed by atoms with E-state index < -0.39 is 0 Å². The molecule has 2 aromatic rings. The average Bonchev–Trinajstić information content (AvgIpc) is 2.64. The molecule has 1 aromatic carbocycles. The summed E-state index contributed by atoms with van der Waals surface area (Å²) in [5, 5.41) is 6.52. The van der Waals surface area contributed by atoms with Crippen LogP contribution >= 0.6 is 0 Å². The van der Waals surface area contributed by atoms with Gasteiger partial charge in [-0.3, -0.25) is 9.78 Å². The smallest absolute Gasteiger partial charge is 0.248 e. The molecule has 3 rings (SSSR count). The number of likely N-dealkylation sites (tertiary alicyclic amines) is 1. The van der Waals surface area contributed by atoms with Gasteiger partial charge >= 0.3 is 0 Å². The number of rotatable bonds is 5. The number of hydrogen-bond acceptors (Lipinski definition) is 4. The van der Waals surface area contributed by atoms with Crippen molar-refractivity contribution in [3.63, 3.8) is 0 Å². The van der Waals surface area contributed by atoms with Crippen LogP contribution in [0.15, 0.2) is 54.7 Å². The first kappa shape index (κ1) is 17.2. The number of carbonyl (C=O) groups excluding carboxylic acids is 1. The Morgan fingerprint density at radius 3 is 2.56 bits per heavy atom. The maximum absolute atomic E-state index is 12.2. The Bertz CT molecular complexity index is 721. The Kier molecular flexibility index (Phi) is 5.80. The highest BCUT2D eigenvalue weighted by molar-refractivity contribution is 6.03. The quantitative estimate of drug-likeness (QED) is 0.823. The summed E-state index contributed by atoms with van der Waals surface area (Å²) < 4.78 is 0. The number of amides is 1. The molecule has 0 unspecified atom stereocenters.